The van der Waals surface area contributed by atoms with Gasteiger partial charge in [0.05, 0.1) is 0 Å². The summed E-state index contributed by atoms with van der Waals surface area (Å²) < 4.78 is 6.19. The molecule has 1 aromatic carbocycles. The summed E-state index contributed by atoms with van der Waals surface area (Å²) in [6, 6.07) is 6.27. The quantitative estimate of drug-likeness (QED) is 0.611. The molecule has 0 aliphatic heterocycles. The average Bonchev–Trinajstić information content (AvgIpc) is 2.71. The maximum absolute atomic E-state index is 6.19. The Balaban J connectivity index is 0. The third kappa shape index (κ3) is 5.49. The summed E-state index contributed by atoms with van der Waals surface area (Å²) in [5.41, 5.74) is 3.84. The molecule has 0 heterocycles. The Kier molecular flexibility index (Phi) is 9.94. The Morgan fingerprint density at radius 2 is 1.52 bits per heavy atom. The molecule has 4 heteroatoms. The summed E-state index contributed by atoms with van der Waals surface area (Å²) in [5.74, 6) is 2.11. The monoisotopic (exact) mass is 360 g/mol. The van der Waals surface area contributed by atoms with E-state index >= 15 is 0 Å². The van der Waals surface area contributed by atoms with Crippen LogP contribution in [0.25, 0.3) is 0 Å². The van der Waals surface area contributed by atoms with Gasteiger partial charge in [-0.3, -0.25) is 0 Å². The van der Waals surface area contributed by atoms with Gasteiger partial charge in [-0.15, -0.1) is 0 Å². The largest absolute Gasteiger partial charge is 2.00 e. The van der Waals surface area contributed by atoms with Crippen molar-refractivity contribution in [1.82, 2.24) is 0 Å². The number of halogens is 2. The van der Waals surface area contributed by atoms with Gasteiger partial charge < -0.3 is 29.6 Å². The van der Waals surface area contributed by atoms with Crippen LogP contribution in [0.5, 0.6) is 5.75 Å². The van der Waals surface area contributed by atoms with Crippen molar-refractivity contribution in [1.29, 1.82) is 0 Å². The molecule has 2 rings (SSSR count). The molecule has 0 amide bonds. The van der Waals surface area contributed by atoms with E-state index in [1.807, 2.05) is 0 Å². The van der Waals surface area contributed by atoms with Crippen LogP contribution in [0.15, 0.2) is 41.7 Å². The van der Waals surface area contributed by atoms with Gasteiger partial charge in [-0.05, 0) is 36.0 Å². The summed E-state index contributed by atoms with van der Waals surface area (Å²) in [5, 5.41) is 0. The Labute approximate surface area is 155 Å². The molecule has 114 valence electrons. The second kappa shape index (κ2) is 9.05. The van der Waals surface area contributed by atoms with Crippen LogP contribution >= 0.6 is 0 Å². The van der Waals surface area contributed by atoms with Crippen molar-refractivity contribution in [3.63, 3.8) is 0 Å². The second-order valence-electron chi connectivity index (χ2n) is 6.02. The van der Waals surface area contributed by atoms with Crippen molar-refractivity contribution >= 4 is 0 Å². The van der Waals surface area contributed by atoms with Crippen LogP contribution in [-0.2, 0) is 21.7 Å². The Morgan fingerprint density at radius 1 is 1.00 bits per heavy atom. The van der Waals surface area contributed by atoms with Gasteiger partial charge in [-0.25, -0.2) is 0 Å². The molecule has 0 radical (unpaired) electrons. The topological polar surface area (TPSA) is 9.23 Å². The smallest absolute Gasteiger partial charge is 1.00 e. The van der Waals surface area contributed by atoms with Crippen LogP contribution in [0.1, 0.15) is 38.3 Å². The van der Waals surface area contributed by atoms with Gasteiger partial charge >= 0.3 is 21.7 Å². The van der Waals surface area contributed by atoms with E-state index < -0.39 is 0 Å². The minimum Gasteiger partial charge on any atom is -1.00 e. The van der Waals surface area contributed by atoms with Gasteiger partial charge in [0.25, 0.3) is 0 Å². The molecule has 0 atom stereocenters. The minimum absolute atomic E-state index is 0. The fraction of sp³-hybridized carbons (Fsp3) is 0.412. The average molecular weight is 361 g/mol. The predicted molar refractivity (Wildman–Crippen MR) is 76.8 cm³/mol. The van der Waals surface area contributed by atoms with Crippen LogP contribution in [0.4, 0.5) is 0 Å². The normalized spacial score (nSPS) is 13.2. The molecule has 21 heavy (non-hydrogen) atoms. The van der Waals surface area contributed by atoms with Crippen molar-refractivity contribution in [3.05, 3.63) is 52.8 Å². The van der Waals surface area contributed by atoms with E-state index in [0.717, 1.165) is 17.9 Å². The zero-order valence-electron chi connectivity index (χ0n) is 13.3. The van der Waals surface area contributed by atoms with E-state index in [1.165, 1.54) is 16.7 Å². The summed E-state index contributed by atoms with van der Waals surface area (Å²) in [4.78, 5) is 0. The van der Waals surface area contributed by atoms with Crippen LogP contribution in [-0.4, -0.2) is 0 Å². The minimum atomic E-state index is 0. The van der Waals surface area contributed by atoms with Crippen molar-refractivity contribution < 1.29 is 51.3 Å². The number of ether oxygens (including phenoxy) is 1. The molecule has 0 unspecified atom stereocenters. The zero-order valence-corrected chi connectivity index (χ0v) is 16.3. The summed E-state index contributed by atoms with van der Waals surface area (Å²) in [7, 11) is 0. The van der Waals surface area contributed by atoms with Crippen molar-refractivity contribution in [3.8, 4) is 5.75 Å². The number of allylic oxidation sites excluding steroid dienone is 3. The summed E-state index contributed by atoms with van der Waals surface area (Å²) >= 11 is 0. The van der Waals surface area contributed by atoms with E-state index in [2.05, 4.69) is 65.0 Å². The molecule has 0 aromatic heterocycles. The molecule has 1 aliphatic carbocycles. The van der Waals surface area contributed by atoms with E-state index in [1.54, 1.807) is 0 Å². The number of hydrogen-bond acceptors (Lipinski definition) is 1. The SMILES string of the molecule is Cc1cccc(C)c1OC1=C(C(C)(C)C)C=CC1.[Cl-].[Cl-].[Ti+2]. The zero-order chi connectivity index (χ0) is 13.3. The number of para-hydroxylation sites is 1. The van der Waals surface area contributed by atoms with E-state index in [0.29, 0.717) is 0 Å². The first-order valence-electron chi connectivity index (χ1n) is 6.54. The Bertz CT molecular complexity index is 508. The van der Waals surface area contributed by atoms with Crippen molar-refractivity contribution in [2.75, 3.05) is 0 Å². The van der Waals surface area contributed by atoms with E-state index in [9.17, 15) is 0 Å². The van der Waals surface area contributed by atoms with Crippen LogP contribution in [0.3, 0.4) is 0 Å². The maximum Gasteiger partial charge on any atom is 2.00 e. The third-order valence-corrected chi connectivity index (χ3v) is 3.33. The summed E-state index contributed by atoms with van der Waals surface area (Å²) in [6.45, 7) is 10.9. The third-order valence-electron chi connectivity index (χ3n) is 3.33. The maximum atomic E-state index is 6.19. The first kappa shape index (κ1) is 23.1. The van der Waals surface area contributed by atoms with Gasteiger partial charge in [0.15, 0.2) is 0 Å². The number of aryl methyl sites for hydroxylation is 2. The van der Waals surface area contributed by atoms with Gasteiger partial charge in [-0.2, -0.15) is 0 Å². The molecule has 1 aromatic rings. The molecule has 0 fully saturated rings. The number of rotatable bonds is 2. The van der Waals surface area contributed by atoms with Crippen LogP contribution < -0.4 is 29.6 Å². The van der Waals surface area contributed by atoms with Crippen LogP contribution in [0.2, 0.25) is 0 Å². The molecule has 1 nitrogen and oxygen atoms in total. The second-order valence-corrected chi connectivity index (χ2v) is 6.02. The molecule has 0 N–H and O–H groups in total. The first-order valence-corrected chi connectivity index (χ1v) is 6.54. The molecule has 0 bridgehead atoms. The molecular formula is C17H22Cl2OTi. The first-order chi connectivity index (χ1) is 8.39. The fourth-order valence-corrected chi connectivity index (χ4v) is 2.33. The van der Waals surface area contributed by atoms with Crippen molar-refractivity contribution in [2.45, 2.75) is 41.0 Å². The van der Waals surface area contributed by atoms with Gasteiger partial charge in [0, 0.05) is 6.42 Å². The number of hydrogen-bond donors (Lipinski definition) is 0. The molecule has 0 spiro atoms. The molecular weight excluding hydrogens is 339 g/mol. The Morgan fingerprint density at radius 3 is 2.00 bits per heavy atom. The standard InChI is InChI=1S/C17H22O.2ClH.Ti/c1-12-8-6-9-13(2)16(12)18-15-11-7-10-14(15)17(3,4)5;;;/h6-10H,11H2,1-5H3;2*1H;/q;;;+2/p-2. The van der Waals surface area contributed by atoms with Gasteiger partial charge in [0.2, 0.25) is 0 Å². The molecule has 0 saturated carbocycles. The molecule has 0 saturated heterocycles. The summed E-state index contributed by atoms with van der Waals surface area (Å²) in [6.07, 6.45) is 5.28. The molecule has 1 aliphatic rings. The fourth-order valence-electron chi connectivity index (χ4n) is 2.33. The van der Waals surface area contributed by atoms with E-state index in [-0.39, 0.29) is 51.9 Å². The number of benzene rings is 1. The van der Waals surface area contributed by atoms with Gasteiger partial charge in [0.1, 0.15) is 11.5 Å². The van der Waals surface area contributed by atoms with E-state index in [4.69, 9.17) is 4.74 Å². The van der Waals surface area contributed by atoms with Gasteiger partial charge in [-0.1, -0.05) is 51.1 Å². The predicted octanol–water partition coefficient (Wildman–Crippen LogP) is -1.05. The van der Waals surface area contributed by atoms with Crippen LogP contribution in [0, 0.1) is 19.3 Å². The Hall–Kier alpha value is -0.206. The van der Waals surface area contributed by atoms with Crippen molar-refractivity contribution in [2.24, 2.45) is 5.41 Å².